The van der Waals surface area contributed by atoms with E-state index < -0.39 is 15.9 Å². The number of carbonyl (C=O) groups is 1. The van der Waals surface area contributed by atoms with E-state index in [2.05, 4.69) is 10.0 Å². The van der Waals surface area contributed by atoms with Gasteiger partial charge in [0.2, 0.25) is 11.9 Å². The molecule has 8 nitrogen and oxygen atoms in total. The zero-order valence-corrected chi connectivity index (χ0v) is 13.3. The number of furan rings is 1. The molecule has 4 rings (SSSR count). The number of benzene rings is 1. The summed E-state index contributed by atoms with van der Waals surface area (Å²) >= 11 is 0. The second kappa shape index (κ2) is 5.53. The first-order chi connectivity index (χ1) is 11.5. The lowest BCUT2D eigenvalue weighted by Crippen LogP contribution is -2.25. The Morgan fingerprint density at radius 3 is 2.67 bits per heavy atom. The number of carbonyl (C=O) groups excluding carboxylic acids is 1. The predicted molar refractivity (Wildman–Crippen MR) is 82.6 cm³/mol. The van der Waals surface area contributed by atoms with Crippen LogP contribution in [0.5, 0.6) is 11.5 Å². The molecule has 0 radical (unpaired) electrons. The van der Waals surface area contributed by atoms with E-state index >= 15 is 0 Å². The highest BCUT2D eigenvalue weighted by atomic mass is 32.2. The van der Waals surface area contributed by atoms with Gasteiger partial charge in [-0.05, 0) is 37.1 Å². The summed E-state index contributed by atoms with van der Waals surface area (Å²) in [5, 5.41) is 2.35. The van der Waals surface area contributed by atoms with Crippen LogP contribution in [0.25, 0.3) is 0 Å². The predicted octanol–water partition coefficient (Wildman–Crippen LogP) is 1.70. The summed E-state index contributed by atoms with van der Waals surface area (Å²) in [7, 11) is -3.72. The van der Waals surface area contributed by atoms with Gasteiger partial charge in [-0.25, -0.2) is 13.1 Å². The van der Waals surface area contributed by atoms with E-state index in [4.69, 9.17) is 13.9 Å². The van der Waals surface area contributed by atoms with Crippen molar-refractivity contribution in [3.63, 3.8) is 0 Å². The van der Waals surface area contributed by atoms with Crippen LogP contribution < -0.4 is 19.5 Å². The molecule has 1 aromatic heterocycles. The minimum Gasteiger partial charge on any atom is -0.454 e. The zero-order chi connectivity index (χ0) is 16.7. The second-order valence-electron chi connectivity index (χ2n) is 5.54. The largest absolute Gasteiger partial charge is 0.454 e. The molecule has 2 aromatic rings. The Bertz CT molecular complexity index is 900. The minimum absolute atomic E-state index is 0.0361. The maximum Gasteiger partial charge on any atom is 0.291 e. The number of nitrogens with one attached hydrogen (secondary N) is 2. The first-order valence-electron chi connectivity index (χ1n) is 7.34. The number of fused-ring (bicyclic) bond motifs is 1. The quantitative estimate of drug-likeness (QED) is 0.850. The maximum atomic E-state index is 12.2. The van der Waals surface area contributed by atoms with Crippen molar-refractivity contribution in [2.45, 2.75) is 24.0 Å². The maximum absolute atomic E-state index is 12.2. The standard InChI is InChI=1S/C15H14N2O6S/c18-15(16-10-3-4-11-13(7-10)22-8-21-11)12-5-6-14(23-12)24(19,20)17-9-1-2-9/h3-7,9,17H,1-2,8H2,(H,16,18). The van der Waals surface area contributed by atoms with Crippen molar-refractivity contribution in [2.75, 3.05) is 12.1 Å². The fourth-order valence-corrected chi connectivity index (χ4v) is 3.47. The number of ether oxygens (including phenoxy) is 2. The number of anilines is 1. The minimum atomic E-state index is -3.72. The van der Waals surface area contributed by atoms with Gasteiger partial charge >= 0.3 is 0 Å². The third kappa shape index (κ3) is 2.95. The van der Waals surface area contributed by atoms with Crippen molar-refractivity contribution in [1.82, 2.24) is 4.72 Å². The molecule has 1 amide bonds. The summed E-state index contributed by atoms with van der Waals surface area (Å²) in [5.74, 6) is 0.486. The van der Waals surface area contributed by atoms with E-state index in [0.717, 1.165) is 12.8 Å². The molecule has 0 unspecified atom stereocenters. The van der Waals surface area contributed by atoms with Crippen molar-refractivity contribution in [2.24, 2.45) is 0 Å². The van der Waals surface area contributed by atoms with Crippen LogP contribution >= 0.6 is 0 Å². The summed E-state index contributed by atoms with van der Waals surface area (Å²) in [6, 6.07) is 7.50. The van der Waals surface area contributed by atoms with Gasteiger partial charge in [-0.1, -0.05) is 0 Å². The van der Waals surface area contributed by atoms with Crippen molar-refractivity contribution < 1.29 is 27.1 Å². The van der Waals surface area contributed by atoms with Gasteiger partial charge in [0.05, 0.1) is 0 Å². The molecule has 0 bridgehead atoms. The topological polar surface area (TPSA) is 107 Å². The van der Waals surface area contributed by atoms with Crippen LogP contribution in [-0.4, -0.2) is 27.2 Å². The second-order valence-corrected chi connectivity index (χ2v) is 7.18. The molecule has 1 fully saturated rings. The molecule has 2 aliphatic rings. The summed E-state index contributed by atoms with van der Waals surface area (Å²) in [6.07, 6.45) is 1.63. The number of amides is 1. The fourth-order valence-electron chi connectivity index (χ4n) is 2.23. The van der Waals surface area contributed by atoms with E-state index in [9.17, 15) is 13.2 Å². The Kier molecular flexibility index (Phi) is 3.47. The molecule has 2 heterocycles. The van der Waals surface area contributed by atoms with Gasteiger partial charge in [-0.2, -0.15) is 0 Å². The van der Waals surface area contributed by atoms with Crippen LogP contribution in [-0.2, 0) is 10.0 Å². The van der Waals surface area contributed by atoms with Gasteiger partial charge in [0.15, 0.2) is 17.3 Å². The molecule has 9 heteroatoms. The zero-order valence-electron chi connectivity index (χ0n) is 12.4. The number of sulfonamides is 1. The highest BCUT2D eigenvalue weighted by molar-refractivity contribution is 7.89. The molecule has 24 heavy (non-hydrogen) atoms. The van der Waals surface area contributed by atoms with Gasteiger partial charge in [0.1, 0.15) is 0 Å². The first-order valence-corrected chi connectivity index (χ1v) is 8.83. The molecule has 0 atom stereocenters. The number of rotatable bonds is 5. The van der Waals surface area contributed by atoms with E-state index in [0.29, 0.717) is 17.2 Å². The Morgan fingerprint density at radius 2 is 1.88 bits per heavy atom. The summed E-state index contributed by atoms with van der Waals surface area (Å²) in [4.78, 5) is 12.2. The lowest BCUT2D eigenvalue weighted by Gasteiger charge is -2.04. The Labute approximate surface area is 137 Å². The van der Waals surface area contributed by atoms with E-state index in [-0.39, 0.29) is 23.7 Å². The van der Waals surface area contributed by atoms with Gasteiger partial charge in [0, 0.05) is 17.8 Å². The smallest absolute Gasteiger partial charge is 0.291 e. The molecule has 1 aliphatic heterocycles. The van der Waals surface area contributed by atoms with E-state index in [1.807, 2.05) is 0 Å². The first kappa shape index (κ1) is 15.0. The Morgan fingerprint density at radius 1 is 1.08 bits per heavy atom. The molecular formula is C15H14N2O6S. The highest BCUT2D eigenvalue weighted by Gasteiger charge is 2.30. The van der Waals surface area contributed by atoms with Crippen LogP contribution in [0.1, 0.15) is 23.4 Å². The van der Waals surface area contributed by atoms with E-state index in [1.165, 1.54) is 12.1 Å². The highest BCUT2D eigenvalue weighted by Crippen LogP contribution is 2.34. The molecule has 0 saturated heterocycles. The van der Waals surface area contributed by atoms with Crippen molar-refractivity contribution >= 4 is 21.6 Å². The SMILES string of the molecule is O=C(Nc1ccc2c(c1)OCO2)c1ccc(S(=O)(=O)NC2CC2)o1. The van der Waals surface area contributed by atoms with E-state index in [1.54, 1.807) is 18.2 Å². The normalized spacial score (nSPS) is 16.2. The lowest BCUT2D eigenvalue weighted by atomic mass is 10.2. The van der Waals surface area contributed by atoms with Crippen LogP contribution in [0.3, 0.4) is 0 Å². The van der Waals surface area contributed by atoms with Crippen molar-refractivity contribution in [3.05, 3.63) is 36.1 Å². The Balaban J connectivity index is 1.49. The van der Waals surface area contributed by atoms with Crippen LogP contribution in [0.15, 0.2) is 39.8 Å². The van der Waals surface area contributed by atoms with Gasteiger partial charge in [-0.3, -0.25) is 4.79 Å². The molecule has 1 saturated carbocycles. The van der Waals surface area contributed by atoms with Gasteiger partial charge in [0.25, 0.3) is 15.9 Å². The lowest BCUT2D eigenvalue weighted by molar-refractivity contribution is 0.0991. The monoisotopic (exact) mass is 350 g/mol. The van der Waals surface area contributed by atoms with Gasteiger partial charge in [-0.15, -0.1) is 0 Å². The van der Waals surface area contributed by atoms with Gasteiger partial charge < -0.3 is 19.2 Å². The average Bonchev–Trinajstić information content (AvgIpc) is 3.05. The fraction of sp³-hybridized carbons (Fsp3) is 0.267. The Hall–Kier alpha value is -2.52. The van der Waals surface area contributed by atoms with Crippen LogP contribution in [0.2, 0.25) is 0 Å². The molecule has 1 aromatic carbocycles. The summed E-state index contributed by atoms with van der Waals surface area (Å²) in [5.41, 5.74) is 0.487. The number of hydrogen-bond donors (Lipinski definition) is 2. The van der Waals surface area contributed by atoms with Crippen LogP contribution in [0, 0.1) is 0 Å². The third-order valence-electron chi connectivity index (χ3n) is 3.60. The van der Waals surface area contributed by atoms with Crippen LogP contribution in [0.4, 0.5) is 5.69 Å². The molecule has 126 valence electrons. The number of hydrogen-bond acceptors (Lipinski definition) is 6. The molecular weight excluding hydrogens is 336 g/mol. The van der Waals surface area contributed by atoms with Crippen molar-refractivity contribution in [3.8, 4) is 11.5 Å². The average molecular weight is 350 g/mol. The summed E-state index contributed by atoms with van der Waals surface area (Å²) in [6.45, 7) is 0.139. The molecule has 2 N–H and O–H groups in total. The summed E-state index contributed by atoms with van der Waals surface area (Å²) < 4.78 is 42.2. The van der Waals surface area contributed by atoms with Crippen molar-refractivity contribution in [1.29, 1.82) is 0 Å². The third-order valence-corrected chi connectivity index (χ3v) is 4.99. The molecule has 1 aliphatic carbocycles. The molecule has 0 spiro atoms.